The molecule has 3 N–H and O–H groups in total. The number of hydrogen-bond acceptors (Lipinski definition) is 3. The normalized spacial score (nSPS) is 13.5. The highest BCUT2D eigenvalue weighted by molar-refractivity contribution is 5.94. The Hall–Kier alpha value is -3.09. The fourth-order valence-corrected chi connectivity index (χ4v) is 3.26. The topological polar surface area (TPSA) is 74.8 Å². The lowest BCUT2D eigenvalue weighted by Crippen LogP contribution is -2.40. The van der Waals surface area contributed by atoms with Crippen LogP contribution in [0.2, 0.25) is 0 Å². The first-order valence-electron chi connectivity index (χ1n) is 9.80. The molecular formula is C22H27FN4O2. The quantitative estimate of drug-likeness (QED) is 0.381. The minimum atomic E-state index is -0.208. The summed E-state index contributed by atoms with van der Waals surface area (Å²) in [6.07, 6.45) is 2.03. The van der Waals surface area contributed by atoms with Crippen molar-refractivity contribution in [3.8, 4) is 5.75 Å². The molecule has 1 amide bonds. The van der Waals surface area contributed by atoms with E-state index in [1.807, 2.05) is 31.2 Å². The van der Waals surface area contributed by atoms with Gasteiger partial charge >= 0.3 is 0 Å². The second-order valence-corrected chi connectivity index (χ2v) is 6.96. The lowest BCUT2D eigenvalue weighted by atomic mass is 10.0. The molecule has 3 rings (SSSR count). The van der Waals surface area contributed by atoms with Crippen molar-refractivity contribution >= 4 is 17.6 Å². The molecule has 0 unspecified atom stereocenters. The van der Waals surface area contributed by atoms with Crippen molar-refractivity contribution in [3.05, 3.63) is 58.9 Å². The average Bonchev–Trinajstić information content (AvgIpc) is 2.71. The van der Waals surface area contributed by atoms with Gasteiger partial charge in [0.2, 0.25) is 5.91 Å². The third-order valence-corrected chi connectivity index (χ3v) is 4.85. The van der Waals surface area contributed by atoms with E-state index in [2.05, 4.69) is 20.9 Å². The lowest BCUT2D eigenvalue weighted by molar-refractivity contribution is -0.116. The average molecular weight is 398 g/mol. The van der Waals surface area contributed by atoms with Gasteiger partial charge in [-0.3, -0.25) is 9.79 Å². The van der Waals surface area contributed by atoms with E-state index in [0.717, 1.165) is 41.0 Å². The predicted molar refractivity (Wildman–Crippen MR) is 113 cm³/mol. The number of hydrogen-bond donors (Lipinski definition) is 3. The number of guanidine groups is 1. The maximum atomic E-state index is 13.2. The Morgan fingerprint density at radius 1 is 1.17 bits per heavy atom. The highest BCUT2D eigenvalue weighted by Crippen LogP contribution is 2.26. The summed E-state index contributed by atoms with van der Waals surface area (Å²) in [5, 5.41) is 9.33. The highest BCUT2D eigenvalue weighted by atomic mass is 19.1. The molecule has 7 heteroatoms. The molecule has 1 heterocycles. The van der Waals surface area contributed by atoms with Crippen LogP contribution in [0.1, 0.15) is 23.1 Å². The zero-order chi connectivity index (χ0) is 20.6. The SMILES string of the molecule is CN=C(NCCOc1ccc2c(c1)CCC(=O)N2)NCCc1ccc(F)cc1C. The van der Waals surface area contributed by atoms with Crippen molar-refractivity contribution in [1.29, 1.82) is 0 Å². The number of rotatable bonds is 7. The van der Waals surface area contributed by atoms with Crippen LogP contribution in [0, 0.1) is 12.7 Å². The van der Waals surface area contributed by atoms with E-state index in [0.29, 0.717) is 32.1 Å². The molecule has 0 spiro atoms. The molecule has 0 fully saturated rings. The number of carbonyl (C=O) groups excluding carboxylic acids is 1. The largest absolute Gasteiger partial charge is 0.492 e. The van der Waals surface area contributed by atoms with E-state index in [4.69, 9.17) is 4.74 Å². The van der Waals surface area contributed by atoms with Gasteiger partial charge in [0.05, 0.1) is 6.54 Å². The minimum Gasteiger partial charge on any atom is -0.492 e. The summed E-state index contributed by atoms with van der Waals surface area (Å²) >= 11 is 0. The third-order valence-electron chi connectivity index (χ3n) is 4.85. The van der Waals surface area contributed by atoms with Crippen LogP contribution in [-0.2, 0) is 17.6 Å². The number of benzene rings is 2. The number of nitrogens with zero attached hydrogens (tertiary/aromatic N) is 1. The van der Waals surface area contributed by atoms with E-state index >= 15 is 0 Å². The predicted octanol–water partition coefficient (Wildman–Crippen LogP) is 2.81. The molecule has 0 aromatic heterocycles. The number of ether oxygens (including phenoxy) is 1. The van der Waals surface area contributed by atoms with Gasteiger partial charge in [0.15, 0.2) is 5.96 Å². The molecule has 0 saturated carbocycles. The third kappa shape index (κ3) is 5.94. The Kier molecular flexibility index (Phi) is 7.05. The van der Waals surface area contributed by atoms with Crippen molar-refractivity contribution in [2.75, 3.05) is 32.1 Å². The fourth-order valence-electron chi connectivity index (χ4n) is 3.26. The van der Waals surface area contributed by atoms with Gasteiger partial charge in [0, 0.05) is 25.7 Å². The Morgan fingerprint density at radius 3 is 2.79 bits per heavy atom. The Labute approximate surface area is 170 Å². The van der Waals surface area contributed by atoms with Crippen LogP contribution >= 0.6 is 0 Å². The van der Waals surface area contributed by atoms with Crippen molar-refractivity contribution in [2.45, 2.75) is 26.2 Å². The Morgan fingerprint density at radius 2 is 2.00 bits per heavy atom. The first kappa shape index (κ1) is 20.6. The van der Waals surface area contributed by atoms with Gasteiger partial charge in [-0.25, -0.2) is 4.39 Å². The molecule has 0 atom stereocenters. The number of carbonyl (C=O) groups is 1. The highest BCUT2D eigenvalue weighted by Gasteiger charge is 2.14. The number of aryl methyl sites for hydroxylation is 2. The van der Waals surface area contributed by atoms with E-state index in [-0.39, 0.29) is 11.7 Å². The monoisotopic (exact) mass is 398 g/mol. The maximum absolute atomic E-state index is 13.2. The zero-order valence-electron chi connectivity index (χ0n) is 16.8. The second-order valence-electron chi connectivity index (χ2n) is 6.96. The number of anilines is 1. The smallest absolute Gasteiger partial charge is 0.224 e. The van der Waals surface area contributed by atoms with Crippen LogP contribution in [0.4, 0.5) is 10.1 Å². The van der Waals surface area contributed by atoms with Crippen LogP contribution in [0.3, 0.4) is 0 Å². The van der Waals surface area contributed by atoms with E-state index in [9.17, 15) is 9.18 Å². The minimum absolute atomic E-state index is 0.0591. The summed E-state index contributed by atoms with van der Waals surface area (Å²) in [6, 6.07) is 10.6. The molecule has 0 bridgehead atoms. The van der Waals surface area contributed by atoms with E-state index in [1.54, 1.807) is 13.1 Å². The summed E-state index contributed by atoms with van der Waals surface area (Å²) in [7, 11) is 1.72. The van der Waals surface area contributed by atoms with Crippen LogP contribution in [-0.4, -0.2) is 38.6 Å². The summed E-state index contributed by atoms with van der Waals surface area (Å²) < 4.78 is 19.0. The number of nitrogens with one attached hydrogen (secondary N) is 3. The molecule has 154 valence electrons. The Bertz CT molecular complexity index is 898. The molecule has 0 aliphatic carbocycles. The number of aliphatic imine (C=N–C) groups is 1. The first-order chi connectivity index (χ1) is 14.0. The molecule has 0 radical (unpaired) electrons. The van der Waals surface area contributed by atoms with Gasteiger partial charge in [0.25, 0.3) is 0 Å². The van der Waals surface area contributed by atoms with Crippen molar-refractivity contribution in [1.82, 2.24) is 10.6 Å². The van der Waals surface area contributed by atoms with Gasteiger partial charge < -0.3 is 20.7 Å². The van der Waals surface area contributed by atoms with Crippen LogP contribution in [0.5, 0.6) is 5.75 Å². The van der Waals surface area contributed by atoms with E-state index < -0.39 is 0 Å². The van der Waals surface area contributed by atoms with Gasteiger partial charge in [-0.05, 0) is 66.8 Å². The fraction of sp³-hybridized carbons (Fsp3) is 0.364. The zero-order valence-corrected chi connectivity index (χ0v) is 16.8. The Balaban J connectivity index is 1.38. The van der Waals surface area contributed by atoms with Gasteiger partial charge in [-0.2, -0.15) is 0 Å². The molecule has 2 aromatic carbocycles. The number of amides is 1. The van der Waals surface area contributed by atoms with Crippen molar-refractivity contribution in [3.63, 3.8) is 0 Å². The molecule has 2 aromatic rings. The maximum Gasteiger partial charge on any atom is 0.224 e. The molecule has 1 aliphatic heterocycles. The summed E-state index contributed by atoms with van der Waals surface area (Å²) in [5.74, 6) is 1.34. The lowest BCUT2D eigenvalue weighted by Gasteiger charge is -2.18. The summed E-state index contributed by atoms with van der Waals surface area (Å²) in [6.45, 7) is 3.70. The molecule has 0 saturated heterocycles. The van der Waals surface area contributed by atoms with Gasteiger partial charge in [-0.1, -0.05) is 6.07 Å². The summed E-state index contributed by atoms with van der Waals surface area (Å²) in [5.41, 5.74) is 4.03. The van der Waals surface area contributed by atoms with Crippen molar-refractivity contribution < 1.29 is 13.9 Å². The number of fused-ring (bicyclic) bond motifs is 1. The van der Waals surface area contributed by atoms with Crippen LogP contribution in [0.25, 0.3) is 0 Å². The van der Waals surface area contributed by atoms with Crippen molar-refractivity contribution in [2.24, 2.45) is 4.99 Å². The second kappa shape index (κ2) is 9.91. The standard InChI is InChI=1S/C22H27FN4O2/c1-15-13-18(23)5-3-16(15)9-10-25-22(24-2)26-11-12-29-19-6-7-20-17(14-19)4-8-21(28)27-20/h3,5-7,13-14H,4,8-12H2,1-2H3,(H,27,28)(H2,24,25,26). The van der Waals surface area contributed by atoms with Crippen LogP contribution in [0.15, 0.2) is 41.4 Å². The molecule has 6 nitrogen and oxygen atoms in total. The summed E-state index contributed by atoms with van der Waals surface area (Å²) in [4.78, 5) is 15.6. The van der Waals surface area contributed by atoms with Gasteiger partial charge in [0.1, 0.15) is 18.2 Å². The molecular weight excluding hydrogens is 371 g/mol. The van der Waals surface area contributed by atoms with Crippen LogP contribution < -0.4 is 20.7 Å². The molecule has 29 heavy (non-hydrogen) atoms. The number of halogens is 1. The van der Waals surface area contributed by atoms with E-state index in [1.165, 1.54) is 6.07 Å². The first-order valence-corrected chi connectivity index (χ1v) is 9.80. The molecule has 1 aliphatic rings. The van der Waals surface area contributed by atoms with Gasteiger partial charge in [-0.15, -0.1) is 0 Å².